The van der Waals surface area contributed by atoms with Gasteiger partial charge in [-0.2, -0.15) is 5.10 Å². The van der Waals surface area contributed by atoms with E-state index in [1.54, 1.807) is 46.9 Å². The summed E-state index contributed by atoms with van der Waals surface area (Å²) in [6, 6.07) is 22.3. The van der Waals surface area contributed by atoms with Crippen LogP contribution in [-0.4, -0.2) is 38.7 Å². The van der Waals surface area contributed by atoms with Crippen molar-refractivity contribution in [2.24, 2.45) is 7.05 Å². The van der Waals surface area contributed by atoms with Crippen molar-refractivity contribution in [2.75, 3.05) is 6.61 Å². The van der Waals surface area contributed by atoms with Gasteiger partial charge in [0, 0.05) is 36.5 Å². The monoisotopic (exact) mass is 494 g/mol. The molecule has 3 aromatic heterocycles. The van der Waals surface area contributed by atoms with Gasteiger partial charge in [-0.3, -0.25) is 14.9 Å². The number of aromatic nitrogens is 3. The van der Waals surface area contributed by atoms with Crippen molar-refractivity contribution in [1.29, 1.82) is 0 Å². The minimum absolute atomic E-state index is 0.313. The molecule has 0 bridgehead atoms. The molecule has 2 amide bonds. The summed E-state index contributed by atoms with van der Waals surface area (Å²) < 4.78 is 14.3. The molecule has 5 rings (SSSR count). The number of aryl methyl sites for hydroxylation is 1. The van der Waals surface area contributed by atoms with E-state index in [1.807, 2.05) is 60.7 Å². The van der Waals surface area contributed by atoms with Crippen LogP contribution in [0.5, 0.6) is 0 Å². The number of furan rings is 1. The normalized spacial score (nSPS) is 11.2. The van der Waals surface area contributed by atoms with Crippen LogP contribution < -0.4 is 5.32 Å². The number of rotatable bonds is 7. The number of carbonyl (C=O) groups is 3. The largest absolute Gasteiger partial charge is 0.454 e. The second kappa shape index (κ2) is 10.2. The van der Waals surface area contributed by atoms with Crippen LogP contribution in [0.25, 0.3) is 34.2 Å². The summed E-state index contributed by atoms with van der Waals surface area (Å²) in [5.41, 5.74) is 3.02. The van der Waals surface area contributed by atoms with Crippen molar-refractivity contribution in [2.45, 2.75) is 0 Å². The molecule has 0 saturated heterocycles. The molecule has 0 aliphatic heterocycles. The minimum Gasteiger partial charge on any atom is -0.454 e. The smallest absolute Gasteiger partial charge is 0.331 e. The van der Waals surface area contributed by atoms with E-state index in [-0.39, 0.29) is 0 Å². The van der Waals surface area contributed by atoms with Gasteiger partial charge in [0.15, 0.2) is 12.4 Å². The summed E-state index contributed by atoms with van der Waals surface area (Å²) in [6.45, 7) is -0.598. The Bertz CT molecular complexity index is 1590. The number of imide groups is 1. The Kier molecular flexibility index (Phi) is 6.50. The van der Waals surface area contributed by atoms with Gasteiger partial charge in [0.2, 0.25) is 0 Å². The molecule has 0 fully saturated rings. The molecule has 0 aliphatic rings. The summed E-state index contributed by atoms with van der Waals surface area (Å²) >= 11 is 0. The first kappa shape index (κ1) is 23.6. The molecule has 0 saturated carbocycles. The molecule has 37 heavy (non-hydrogen) atoms. The fraction of sp³-hybridized carbons (Fsp3) is 0.0714. The number of esters is 1. The van der Waals surface area contributed by atoms with E-state index in [0.29, 0.717) is 22.7 Å². The summed E-state index contributed by atoms with van der Waals surface area (Å²) in [4.78, 5) is 36.5. The standard InChI is InChI=1S/C28H22N4O5/c1-31-15-7-11-22(31)28(35)29-25(33)18-36-26(34)14-13-20-17-32(21-9-3-2-4-10-21)30-27(20)24-16-19-8-5-6-12-23(19)37-24/h2-17H,18H2,1H3,(H,29,33,35). The molecule has 0 aliphatic carbocycles. The number of carbonyl (C=O) groups excluding carboxylic acids is 3. The third-order valence-corrected chi connectivity index (χ3v) is 5.60. The predicted octanol–water partition coefficient (Wildman–Crippen LogP) is 4.14. The van der Waals surface area contributed by atoms with Crippen LogP contribution in [0, 0.1) is 0 Å². The zero-order valence-corrected chi connectivity index (χ0v) is 19.8. The van der Waals surface area contributed by atoms with E-state index >= 15 is 0 Å². The van der Waals surface area contributed by atoms with Crippen LogP contribution in [0.4, 0.5) is 0 Å². The third-order valence-electron chi connectivity index (χ3n) is 5.60. The van der Waals surface area contributed by atoms with Crippen LogP contribution in [0.2, 0.25) is 0 Å². The Balaban J connectivity index is 1.31. The number of nitrogens with one attached hydrogen (secondary N) is 1. The molecular weight excluding hydrogens is 472 g/mol. The zero-order chi connectivity index (χ0) is 25.8. The summed E-state index contributed by atoms with van der Waals surface area (Å²) in [5.74, 6) is -1.51. The second-order valence-electron chi connectivity index (χ2n) is 8.18. The highest BCUT2D eigenvalue weighted by molar-refractivity contribution is 6.04. The highest BCUT2D eigenvalue weighted by atomic mass is 16.5. The third kappa shape index (κ3) is 5.25. The van der Waals surface area contributed by atoms with Gasteiger partial charge in [-0.1, -0.05) is 36.4 Å². The first-order valence-electron chi connectivity index (χ1n) is 11.4. The van der Waals surface area contributed by atoms with E-state index < -0.39 is 24.4 Å². The number of nitrogens with zero attached hydrogens (tertiary/aromatic N) is 3. The van der Waals surface area contributed by atoms with Gasteiger partial charge in [-0.05, 0) is 42.5 Å². The van der Waals surface area contributed by atoms with Crippen molar-refractivity contribution in [3.63, 3.8) is 0 Å². The summed E-state index contributed by atoms with van der Waals surface area (Å²) in [6.07, 6.45) is 6.20. The molecular formula is C28H22N4O5. The number of para-hydroxylation sites is 2. The van der Waals surface area contributed by atoms with E-state index in [2.05, 4.69) is 10.4 Å². The van der Waals surface area contributed by atoms with Crippen molar-refractivity contribution in [1.82, 2.24) is 19.7 Å². The van der Waals surface area contributed by atoms with Crippen LogP contribution in [0.1, 0.15) is 16.1 Å². The number of fused-ring (bicyclic) bond motifs is 1. The van der Waals surface area contributed by atoms with E-state index in [0.717, 1.165) is 16.7 Å². The van der Waals surface area contributed by atoms with Crippen LogP contribution in [0.3, 0.4) is 0 Å². The fourth-order valence-electron chi connectivity index (χ4n) is 3.78. The van der Waals surface area contributed by atoms with Crippen molar-refractivity contribution in [3.8, 4) is 17.1 Å². The molecule has 9 heteroatoms. The first-order chi connectivity index (χ1) is 18.0. The SMILES string of the molecule is Cn1cccc1C(=O)NC(=O)COC(=O)C=Cc1cn(-c2ccccc2)nc1-c1cc2ccccc2o1. The van der Waals surface area contributed by atoms with E-state index in [4.69, 9.17) is 9.15 Å². The second-order valence-corrected chi connectivity index (χ2v) is 8.18. The van der Waals surface area contributed by atoms with Crippen LogP contribution in [0.15, 0.2) is 95.7 Å². The Morgan fingerprint density at radius 2 is 1.81 bits per heavy atom. The summed E-state index contributed by atoms with van der Waals surface area (Å²) in [7, 11) is 1.68. The van der Waals surface area contributed by atoms with Gasteiger partial charge in [-0.15, -0.1) is 0 Å². The van der Waals surface area contributed by atoms with Gasteiger partial charge in [-0.25, -0.2) is 9.48 Å². The molecule has 5 aromatic rings. The number of hydrogen-bond donors (Lipinski definition) is 1. The average Bonchev–Trinajstić information content (AvgIpc) is 3.64. The molecule has 0 radical (unpaired) electrons. The highest BCUT2D eigenvalue weighted by Gasteiger charge is 2.16. The molecule has 0 unspecified atom stereocenters. The topological polar surface area (TPSA) is 108 Å². The highest BCUT2D eigenvalue weighted by Crippen LogP contribution is 2.30. The summed E-state index contributed by atoms with van der Waals surface area (Å²) in [5, 5.41) is 7.80. The maximum Gasteiger partial charge on any atom is 0.331 e. The number of ether oxygens (including phenoxy) is 1. The Morgan fingerprint density at radius 1 is 1.03 bits per heavy atom. The Morgan fingerprint density at radius 3 is 2.57 bits per heavy atom. The molecule has 184 valence electrons. The van der Waals surface area contributed by atoms with Gasteiger partial charge < -0.3 is 13.7 Å². The van der Waals surface area contributed by atoms with Crippen LogP contribution in [-0.2, 0) is 21.4 Å². The van der Waals surface area contributed by atoms with Crippen LogP contribution >= 0.6 is 0 Å². The number of hydrogen-bond acceptors (Lipinski definition) is 6. The first-order valence-corrected chi connectivity index (χ1v) is 11.4. The maximum absolute atomic E-state index is 12.3. The predicted molar refractivity (Wildman–Crippen MR) is 137 cm³/mol. The quantitative estimate of drug-likeness (QED) is 0.269. The fourth-order valence-corrected chi connectivity index (χ4v) is 3.78. The Labute approximate surface area is 211 Å². The lowest BCUT2D eigenvalue weighted by atomic mass is 10.2. The lowest BCUT2D eigenvalue weighted by Crippen LogP contribution is -2.34. The van der Waals surface area contributed by atoms with Crippen molar-refractivity contribution >= 4 is 34.8 Å². The van der Waals surface area contributed by atoms with E-state index in [1.165, 1.54) is 6.08 Å². The molecule has 2 aromatic carbocycles. The molecule has 3 heterocycles. The van der Waals surface area contributed by atoms with Gasteiger partial charge in [0.05, 0.1) is 5.69 Å². The maximum atomic E-state index is 12.3. The van der Waals surface area contributed by atoms with Gasteiger partial charge in [0.25, 0.3) is 11.8 Å². The average molecular weight is 495 g/mol. The van der Waals surface area contributed by atoms with Gasteiger partial charge >= 0.3 is 5.97 Å². The number of amides is 2. The van der Waals surface area contributed by atoms with Gasteiger partial charge in [0.1, 0.15) is 17.0 Å². The molecule has 0 atom stereocenters. The molecule has 1 N–H and O–H groups in total. The van der Waals surface area contributed by atoms with E-state index in [9.17, 15) is 14.4 Å². The minimum atomic E-state index is -0.746. The lowest BCUT2D eigenvalue weighted by Gasteiger charge is -2.05. The lowest BCUT2D eigenvalue weighted by molar-refractivity contribution is -0.143. The molecule has 9 nitrogen and oxygen atoms in total. The molecule has 0 spiro atoms. The van der Waals surface area contributed by atoms with Crippen molar-refractivity contribution < 1.29 is 23.5 Å². The number of benzene rings is 2. The zero-order valence-electron chi connectivity index (χ0n) is 19.8. The Hall–Kier alpha value is -5.18. The van der Waals surface area contributed by atoms with Crippen molar-refractivity contribution in [3.05, 3.63) is 103 Å².